The molecule has 1 atom stereocenters. The molecule has 5 nitrogen and oxygen atoms in total. The van der Waals surface area contributed by atoms with Gasteiger partial charge in [0.25, 0.3) is 5.91 Å². The number of carbonyl (C=O) groups is 1. The van der Waals surface area contributed by atoms with E-state index in [-0.39, 0.29) is 18.0 Å². The molecule has 0 bridgehead atoms. The van der Waals surface area contributed by atoms with Gasteiger partial charge in [0.1, 0.15) is 11.6 Å². The molecule has 0 aliphatic rings. The molecule has 1 rings (SSSR count). The van der Waals surface area contributed by atoms with Gasteiger partial charge in [-0.05, 0) is 44.9 Å². The van der Waals surface area contributed by atoms with Crippen LogP contribution in [0.25, 0.3) is 6.08 Å². The topological polar surface area (TPSA) is 81.6 Å². The van der Waals surface area contributed by atoms with Gasteiger partial charge in [0, 0.05) is 24.0 Å². The van der Waals surface area contributed by atoms with Crippen LogP contribution in [0.1, 0.15) is 43.6 Å². The second-order valence-electron chi connectivity index (χ2n) is 5.38. The van der Waals surface area contributed by atoms with E-state index in [9.17, 15) is 10.1 Å². The molecule has 22 heavy (non-hydrogen) atoms. The molecule has 0 saturated heterocycles. The van der Waals surface area contributed by atoms with Crippen molar-refractivity contribution in [2.75, 3.05) is 0 Å². The van der Waals surface area contributed by atoms with E-state index < -0.39 is 5.91 Å². The Kier molecular flexibility index (Phi) is 6.41. The summed E-state index contributed by atoms with van der Waals surface area (Å²) < 4.78 is 2.18. The van der Waals surface area contributed by atoms with E-state index in [1.165, 1.54) is 0 Å². The molecule has 1 aromatic heterocycles. The van der Waals surface area contributed by atoms with Crippen LogP contribution < -0.4 is 5.32 Å². The van der Waals surface area contributed by atoms with Gasteiger partial charge >= 0.3 is 0 Å². The first-order chi connectivity index (χ1) is 10.4. The van der Waals surface area contributed by atoms with Gasteiger partial charge in [-0.1, -0.05) is 6.92 Å². The number of carbonyl (C=O) groups excluding carboxylic acids is 1. The van der Waals surface area contributed by atoms with Gasteiger partial charge < -0.3 is 9.88 Å². The fourth-order valence-corrected chi connectivity index (χ4v) is 2.34. The van der Waals surface area contributed by atoms with Gasteiger partial charge in [0.2, 0.25) is 0 Å². The molecule has 0 saturated carbocycles. The molecule has 0 spiro atoms. The van der Waals surface area contributed by atoms with Gasteiger partial charge in [0.05, 0.1) is 12.5 Å². The highest BCUT2D eigenvalue weighted by Gasteiger charge is 2.14. The summed E-state index contributed by atoms with van der Waals surface area (Å²) in [6.45, 7) is 8.77. The standard InChI is InChI=1S/C17H22N4O/c1-5-8-21-13(3)9-15(14(21)4)10-16(11-19)17(22)20-12(2)6-7-18/h9-10,12H,5-6,8H2,1-4H3,(H,20,22)/b16-10-. The number of hydrogen-bond acceptors (Lipinski definition) is 3. The highest BCUT2D eigenvalue weighted by atomic mass is 16.1. The number of nitrogens with one attached hydrogen (secondary N) is 1. The van der Waals surface area contributed by atoms with Crippen molar-refractivity contribution in [1.29, 1.82) is 10.5 Å². The minimum Gasteiger partial charge on any atom is -0.349 e. The first kappa shape index (κ1) is 17.5. The van der Waals surface area contributed by atoms with Crippen LogP contribution >= 0.6 is 0 Å². The smallest absolute Gasteiger partial charge is 0.262 e. The quantitative estimate of drug-likeness (QED) is 0.647. The van der Waals surface area contributed by atoms with Crippen LogP contribution in [-0.2, 0) is 11.3 Å². The molecular formula is C17H22N4O. The first-order valence-corrected chi connectivity index (χ1v) is 7.40. The van der Waals surface area contributed by atoms with E-state index in [0.29, 0.717) is 0 Å². The van der Waals surface area contributed by atoms with E-state index >= 15 is 0 Å². The summed E-state index contributed by atoms with van der Waals surface area (Å²) in [4.78, 5) is 12.1. The van der Waals surface area contributed by atoms with E-state index in [0.717, 1.165) is 29.9 Å². The van der Waals surface area contributed by atoms with Gasteiger partial charge in [-0.25, -0.2) is 0 Å². The molecule has 1 amide bonds. The Bertz CT molecular complexity index is 655. The maximum absolute atomic E-state index is 12.1. The van der Waals surface area contributed by atoms with Crippen molar-refractivity contribution in [3.05, 3.63) is 28.6 Å². The van der Waals surface area contributed by atoms with Crippen LogP contribution in [-0.4, -0.2) is 16.5 Å². The summed E-state index contributed by atoms with van der Waals surface area (Å²) in [6, 6.07) is 5.64. The summed E-state index contributed by atoms with van der Waals surface area (Å²) in [5.74, 6) is -0.439. The SMILES string of the molecule is CCCn1c(C)cc(/C=C(/C#N)C(=O)NC(C)CC#N)c1C. The fourth-order valence-electron chi connectivity index (χ4n) is 2.34. The number of rotatable bonds is 6. The second-order valence-corrected chi connectivity index (χ2v) is 5.38. The molecule has 1 unspecified atom stereocenters. The largest absolute Gasteiger partial charge is 0.349 e. The lowest BCUT2D eigenvalue weighted by Gasteiger charge is -2.09. The van der Waals surface area contributed by atoms with E-state index in [4.69, 9.17) is 5.26 Å². The molecule has 1 aromatic rings. The van der Waals surface area contributed by atoms with Crippen molar-refractivity contribution in [1.82, 2.24) is 9.88 Å². The number of nitriles is 2. The van der Waals surface area contributed by atoms with Gasteiger partial charge in [0.15, 0.2) is 0 Å². The lowest BCUT2D eigenvalue weighted by molar-refractivity contribution is -0.117. The Labute approximate surface area is 131 Å². The second kappa shape index (κ2) is 8.05. The zero-order valence-corrected chi connectivity index (χ0v) is 13.6. The number of amides is 1. The molecule has 116 valence electrons. The zero-order valence-electron chi connectivity index (χ0n) is 13.6. The lowest BCUT2D eigenvalue weighted by Crippen LogP contribution is -2.33. The average Bonchev–Trinajstić information content (AvgIpc) is 2.72. The molecule has 0 aliphatic heterocycles. The summed E-state index contributed by atoms with van der Waals surface area (Å²) in [7, 11) is 0. The Morgan fingerprint density at radius 1 is 1.45 bits per heavy atom. The molecular weight excluding hydrogens is 276 g/mol. The summed E-state index contributed by atoms with van der Waals surface area (Å²) in [6.07, 6.45) is 2.86. The minimum absolute atomic E-state index is 0.0570. The number of aromatic nitrogens is 1. The van der Waals surface area contributed by atoms with Gasteiger partial charge in [-0.2, -0.15) is 10.5 Å². The third kappa shape index (κ3) is 4.23. The number of hydrogen-bond donors (Lipinski definition) is 1. The molecule has 0 radical (unpaired) electrons. The minimum atomic E-state index is -0.439. The molecule has 0 fully saturated rings. The Balaban J connectivity index is 3.03. The third-order valence-corrected chi connectivity index (χ3v) is 3.50. The Morgan fingerprint density at radius 2 is 2.14 bits per heavy atom. The average molecular weight is 298 g/mol. The highest BCUT2D eigenvalue weighted by Crippen LogP contribution is 2.18. The normalized spacial score (nSPS) is 12.4. The van der Waals surface area contributed by atoms with E-state index in [2.05, 4.69) is 16.8 Å². The maximum Gasteiger partial charge on any atom is 0.262 e. The molecule has 1 N–H and O–H groups in total. The van der Waals surface area contributed by atoms with Crippen molar-refractivity contribution in [2.24, 2.45) is 0 Å². The molecule has 0 aliphatic carbocycles. The third-order valence-electron chi connectivity index (χ3n) is 3.50. The lowest BCUT2D eigenvalue weighted by atomic mass is 10.1. The van der Waals surface area contributed by atoms with E-state index in [1.807, 2.05) is 32.1 Å². The zero-order chi connectivity index (χ0) is 16.7. The van der Waals surface area contributed by atoms with Gasteiger partial charge in [-0.15, -0.1) is 0 Å². The van der Waals surface area contributed by atoms with Crippen molar-refractivity contribution >= 4 is 12.0 Å². The molecule has 5 heteroatoms. The van der Waals surface area contributed by atoms with Crippen LogP contribution in [0, 0.1) is 36.5 Å². The van der Waals surface area contributed by atoms with Crippen LogP contribution in [0.4, 0.5) is 0 Å². The van der Waals surface area contributed by atoms with Gasteiger partial charge in [-0.3, -0.25) is 4.79 Å². The Hall–Kier alpha value is -2.53. The summed E-state index contributed by atoms with van der Waals surface area (Å²) in [5.41, 5.74) is 3.10. The van der Waals surface area contributed by atoms with Crippen molar-refractivity contribution in [3.63, 3.8) is 0 Å². The molecule has 1 heterocycles. The van der Waals surface area contributed by atoms with Crippen LogP contribution in [0.3, 0.4) is 0 Å². The van der Waals surface area contributed by atoms with E-state index in [1.54, 1.807) is 13.0 Å². The monoisotopic (exact) mass is 298 g/mol. The first-order valence-electron chi connectivity index (χ1n) is 7.40. The van der Waals surface area contributed by atoms with Crippen molar-refractivity contribution < 1.29 is 4.79 Å². The highest BCUT2D eigenvalue weighted by molar-refractivity contribution is 6.02. The van der Waals surface area contributed by atoms with Crippen molar-refractivity contribution in [2.45, 2.75) is 53.1 Å². The summed E-state index contributed by atoms with van der Waals surface area (Å²) >= 11 is 0. The van der Waals surface area contributed by atoms with Crippen LogP contribution in [0.15, 0.2) is 11.6 Å². The molecule has 0 aromatic carbocycles. The predicted octanol–water partition coefficient (Wildman–Crippen LogP) is 2.84. The summed E-state index contributed by atoms with van der Waals surface area (Å²) in [5, 5.41) is 20.5. The fraction of sp³-hybridized carbons (Fsp3) is 0.471. The maximum atomic E-state index is 12.1. The predicted molar refractivity (Wildman–Crippen MR) is 85.6 cm³/mol. The number of aryl methyl sites for hydroxylation is 1. The van der Waals surface area contributed by atoms with Crippen molar-refractivity contribution in [3.8, 4) is 12.1 Å². The Morgan fingerprint density at radius 3 is 2.68 bits per heavy atom. The number of nitrogens with zero attached hydrogens (tertiary/aromatic N) is 3. The van der Waals surface area contributed by atoms with Crippen LogP contribution in [0.2, 0.25) is 0 Å². The van der Waals surface area contributed by atoms with Crippen LogP contribution in [0.5, 0.6) is 0 Å².